The number of rotatable bonds is 2. The Bertz CT molecular complexity index is 522. The van der Waals surface area contributed by atoms with Crippen LogP contribution in [-0.4, -0.2) is 15.9 Å². The zero-order valence-electron chi connectivity index (χ0n) is 9.44. The van der Waals surface area contributed by atoms with Gasteiger partial charge in [-0.2, -0.15) is 8.75 Å². The summed E-state index contributed by atoms with van der Waals surface area (Å²) in [6, 6.07) is 4.02. The molecule has 0 spiro atoms. The Morgan fingerprint density at radius 1 is 1.19 bits per heavy atom. The highest BCUT2D eigenvalue weighted by atomic mass is 32.1. The molecule has 84 valence electrons. The van der Waals surface area contributed by atoms with Crippen LogP contribution in [0.4, 0.5) is 5.82 Å². The van der Waals surface area contributed by atoms with Crippen LogP contribution in [-0.2, 0) is 0 Å². The standard InChI is InChI=1S/C11H13N3OS/c1-6-5-9(15-3)7(2)4-8(6)10-11(12)14-16-13-10/h4-5H,1-3H3,(H2,12,14). The van der Waals surface area contributed by atoms with E-state index in [9.17, 15) is 0 Å². The Hall–Kier alpha value is -1.62. The van der Waals surface area contributed by atoms with Gasteiger partial charge in [-0.3, -0.25) is 0 Å². The maximum absolute atomic E-state index is 5.77. The van der Waals surface area contributed by atoms with Crippen molar-refractivity contribution >= 4 is 17.5 Å². The molecule has 1 aromatic carbocycles. The number of aryl methyl sites for hydroxylation is 2. The van der Waals surface area contributed by atoms with Crippen molar-refractivity contribution in [1.29, 1.82) is 0 Å². The molecule has 16 heavy (non-hydrogen) atoms. The summed E-state index contributed by atoms with van der Waals surface area (Å²) in [5.74, 6) is 1.36. The Morgan fingerprint density at radius 2 is 1.94 bits per heavy atom. The largest absolute Gasteiger partial charge is 0.496 e. The molecular formula is C11H13N3OS. The quantitative estimate of drug-likeness (QED) is 0.868. The molecule has 1 aromatic heterocycles. The van der Waals surface area contributed by atoms with Crippen LogP contribution in [0, 0.1) is 13.8 Å². The van der Waals surface area contributed by atoms with Gasteiger partial charge in [-0.25, -0.2) is 0 Å². The summed E-state index contributed by atoms with van der Waals surface area (Å²) in [6.07, 6.45) is 0. The molecule has 4 nitrogen and oxygen atoms in total. The van der Waals surface area contributed by atoms with Crippen LogP contribution in [0.1, 0.15) is 11.1 Å². The van der Waals surface area contributed by atoms with Crippen LogP contribution in [0.15, 0.2) is 12.1 Å². The first-order chi connectivity index (χ1) is 7.63. The first-order valence-corrected chi connectivity index (χ1v) is 5.60. The van der Waals surface area contributed by atoms with Crippen molar-refractivity contribution in [1.82, 2.24) is 8.75 Å². The monoisotopic (exact) mass is 235 g/mol. The first kappa shape index (κ1) is 10.9. The lowest BCUT2D eigenvalue weighted by Gasteiger charge is -2.09. The molecule has 0 atom stereocenters. The highest BCUT2D eigenvalue weighted by Gasteiger charge is 2.12. The van der Waals surface area contributed by atoms with E-state index in [1.54, 1.807) is 7.11 Å². The van der Waals surface area contributed by atoms with Crippen molar-refractivity contribution in [3.05, 3.63) is 23.3 Å². The van der Waals surface area contributed by atoms with Gasteiger partial charge in [-0.1, -0.05) is 0 Å². The molecule has 0 aliphatic carbocycles. The summed E-state index contributed by atoms with van der Waals surface area (Å²) >= 11 is 1.13. The normalized spacial score (nSPS) is 10.4. The van der Waals surface area contributed by atoms with Crippen molar-refractivity contribution < 1.29 is 4.74 Å². The number of ether oxygens (including phenoxy) is 1. The molecule has 0 unspecified atom stereocenters. The molecular weight excluding hydrogens is 222 g/mol. The maximum atomic E-state index is 5.77. The number of methoxy groups -OCH3 is 1. The fourth-order valence-corrected chi connectivity index (χ4v) is 2.14. The molecule has 0 aliphatic heterocycles. The third-order valence-electron chi connectivity index (χ3n) is 2.51. The van der Waals surface area contributed by atoms with Crippen molar-refractivity contribution in [2.45, 2.75) is 13.8 Å². The van der Waals surface area contributed by atoms with Crippen LogP contribution < -0.4 is 10.5 Å². The molecule has 2 N–H and O–H groups in total. The van der Waals surface area contributed by atoms with Gasteiger partial charge < -0.3 is 10.5 Å². The molecule has 0 aliphatic rings. The number of hydrogen-bond donors (Lipinski definition) is 1. The van der Waals surface area contributed by atoms with Gasteiger partial charge in [0.25, 0.3) is 0 Å². The van der Waals surface area contributed by atoms with E-state index in [0.717, 1.165) is 39.9 Å². The molecule has 0 radical (unpaired) electrons. The van der Waals surface area contributed by atoms with Gasteiger partial charge in [-0.15, -0.1) is 0 Å². The predicted molar refractivity (Wildman–Crippen MR) is 65.8 cm³/mol. The summed E-state index contributed by atoms with van der Waals surface area (Å²) in [7, 11) is 1.67. The second-order valence-electron chi connectivity index (χ2n) is 3.63. The molecule has 5 heteroatoms. The number of nitrogens with zero attached hydrogens (tertiary/aromatic N) is 2. The van der Waals surface area contributed by atoms with E-state index in [-0.39, 0.29) is 0 Å². The topological polar surface area (TPSA) is 61.0 Å². The molecule has 2 rings (SSSR count). The van der Waals surface area contributed by atoms with E-state index < -0.39 is 0 Å². The Labute approximate surface area is 98.4 Å². The summed E-state index contributed by atoms with van der Waals surface area (Å²) in [5.41, 5.74) is 9.69. The van der Waals surface area contributed by atoms with Gasteiger partial charge in [-0.05, 0) is 37.1 Å². The number of aromatic nitrogens is 2. The second-order valence-corrected chi connectivity index (χ2v) is 4.16. The van der Waals surface area contributed by atoms with Gasteiger partial charge in [0, 0.05) is 5.56 Å². The number of nitrogens with two attached hydrogens (primary N) is 1. The van der Waals surface area contributed by atoms with Gasteiger partial charge in [0.15, 0.2) is 5.82 Å². The van der Waals surface area contributed by atoms with E-state index in [4.69, 9.17) is 10.5 Å². The Kier molecular flexibility index (Phi) is 2.78. The highest BCUT2D eigenvalue weighted by molar-refractivity contribution is 6.99. The summed E-state index contributed by atoms with van der Waals surface area (Å²) < 4.78 is 13.5. The zero-order valence-corrected chi connectivity index (χ0v) is 10.3. The molecule has 0 saturated heterocycles. The maximum Gasteiger partial charge on any atom is 0.165 e. The summed E-state index contributed by atoms with van der Waals surface area (Å²) in [4.78, 5) is 0. The number of nitrogen functional groups attached to an aromatic ring is 1. The van der Waals surface area contributed by atoms with Gasteiger partial charge in [0.1, 0.15) is 11.4 Å². The van der Waals surface area contributed by atoms with Crippen LogP contribution in [0.3, 0.4) is 0 Å². The molecule has 2 aromatic rings. The molecule has 0 fully saturated rings. The van der Waals surface area contributed by atoms with Crippen molar-refractivity contribution in [3.8, 4) is 17.0 Å². The average molecular weight is 235 g/mol. The van der Waals surface area contributed by atoms with Crippen LogP contribution in [0.2, 0.25) is 0 Å². The van der Waals surface area contributed by atoms with Gasteiger partial charge in [0.05, 0.1) is 18.8 Å². The second kappa shape index (κ2) is 4.09. The fourth-order valence-electron chi connectivity index (χ4n) is 1.65. The molecule has 0 bridgehead atoms. The lowest BCUT2D eigenvalue weighted by molar-refractivity contribution is 0.411. The number of hydrogen-bond acceptors (Lipinski definition) is 5. The summed E-state index contributed by atoms with van der Waals surface area (Å²) in [6.45, 7) is 4.01. The lowest BCUT2D eigenvalue weighted by Crippen LogP contribution is -1.94. The third kappa shape index (κ3) is 1.74. The highest BCUT2D eigenvalue weighted by Crippen LogP contribution is 2.31. The van der Waals surface area contributed by atoms with E-state index in [1.807, 2.05) is 26.0 Å². The number of anilines is 1. The van der Waals surface area contributed by atoms with E-state index in [2.05, 4.69) is 8.75 Å². The van der Waals surface area contributed by atoms with Crippen molar-refractivity contribution in [2.75, 3.05) is 12.8 Å². The Morgan fingerprint density at radius 3 is 2.50 bits per heavy atom. The SMILES string of the molecule is COc1cc(C)c(-c2nsnc2N)cc1C. The van der Waals surface area contributed by atoms with Crippen molar-refractivity contribution in [2.24, 2.45) is 0 Å². The van der Waals surface area contributed by atoms with Gasteiger partial charge >= 0.3 is 0 Å². The minimum atomic E-state index is 0.484. The smallest absolute Gasteiger partial charge is 0.165 e. The van der Waals surface area contributed by atoms with Gasteiger partial charge in [0.2, 0.25) is 0 Å². The summed E-state index contributed by atoms with van der Waals surface area (Å²) in [5, 5.41) is 0. The Balaban J connectivity index is 2.59. The third-order valence-corrected chi connectivity index (χ3v) is 3.05. The van der Waals surface area contributed by atoms with Crippen LogP contribution >= 0.6 is 11.7 Å². The van der Waals surface area contributed by atoms with E-state index >= 15 is 0 Å². The zero-order chi connectivity index (χ0) is 11.7. The van der Waals surface area contributed by atoms with E-state index in [0.29, 0.717) is 5.82 Å². The van der Waals surface area contributed by atoms with Crippen molar-refractivity contribution in [3.63, 3.8) is 0 Å². The molecule has 1 heterocycles. The molecule has 0 saturated carbocycles. The molecule has 0 amide bonds. The minimum absolute atomic E-state index is 0.484. The minimum Gasteiger partial charge on any atom is -0.496 e. The average Bonchev–Trinajstić information content (AvgIpc) is 2.67. The number of benzene rings is 1. The lowest BCUT2D eigenvalue weighted by atomic mass is 10.0. The first-order valence-electron chi connectivity index (χ1n) is 4.87. The predicted octanol–water partition coefficient (Wildman–Crippen LogP) is 2.41. The van der Waals surface area contributed by atoms with E-state index in [1.165, 1.54) is 0 Å². The van der Waals surface area contributed by atoms with Crippen LogP contribution in [0.5, 0.6) is 5.75 Å². The fraction of sp³-hybridized carbons (Fsp3) is 0.273. The van der Waals surface area contributed by atoms with Crippen LogP contribution in [0.25, 0.3) is 11.3 Å².